The average molecular weight is 339 g/mol. The monoisotopic (exact) mass is 339 g/mol. The summed E-state index contributed by atoms with van der Waals surface area (Å²) in [7, 11) is 0. The molecule has 0 aliphatic heterocycles. The van der Waals surface area contributed by atoms with Crippen LogP contribution >= 0.6 is 0 Å². The SMILES string of the molecule is CCOC(=O)c1cn(-c2cccc([N+](=O)[O-])c2)c2ncccc2c1=O. The number of benzene rings is 1. The number of aromatic nitrogens is 2. The minimum absolute atomic E-state index is 0.113. The van der Waals surface area contributed by atoms with E-state index in [2.05, 4.69) is 4.98 Å². The molecule has 0 spiro atoms. The molecule has 3 rings (SSSR count). The van der Waals surface area contributed by atoms with E-state index in [9.17, 15) is 19.7 Å². The Morgan fingerprint density at radius 1 is 1.32 bits per heavy atom. The third-order valence-electron chi connectivity index (χ3n) is 3.58. The van der Waals surface area contributed by atoms with Crippen LogP contribution in [-0.2, 0) is 4.74 Å². The van der Waals surface area contributed by atoms with E-state index in [0.717, 1.165) is 0 Å². The van der Waals surface area contributed by atoms with Gasteiger partial charge >= 0.3 is 5.97 Å². The molecule has 0 radical (unpaired) electrons. The van der Waals surface area contributed by atoms with Crippen molar-refractivity contribution in [1.82, 2.24) is 9.55 Å². The molecule has 25 heavy (non-hydrogen) atoms. The van der Waals surface area contributed by atoms with Gasteiger partial charge in [0.25, 0.3) is 5.69 Å². The Kier molecular flexibility index (Phi) is 4.25. The summed E-state index contributed by atoms with van der Waals surface area (Å²) in [6, 6.07) is 8.96. The minimum Gasteiger partial charge on any atom is -0.462 e. The lowest BCUT2D eigenvalue weighted by molar-refractivity contribution is -0.384. The van der Waals surface area contributed by atoms with Gasteiger partial charge in [-0.2, -0.15) is 0 Å². The summed E-state index contributed by atoms with van der Waals surface area (Å²) >= 11 is 0. The minimum atomic E-state index is -0.752. The van der Waals surface area contributed by atoms with Gasteiger partial charge in [0.05, 0.1) is 22.6 Å². The van der Waals surface area contributed by atoms with Gasteiger partial charge in [-0.1, -0.05) is 6.07 Å². The quantitative estimate of drug-likeness (QED) is 0.411. The largest absolute Gasteiger partial charge is 0.462 e. The van der Waals surface area contributed by atoms with E-state index in [1.54, 1.807) is 25.1 Å². The maximum Gasteiger partial charge on any atom is 0.343 e. The van der Waals surface area contributed by atoms with Crippen LogP contribution in [0.5, 0.6) is 0 Å². The first-order valence-electron chi connectivity index (χ1n) is 7.45. The Hall–Kier alpha value is -3.55. The number of fused-ring (bicyclic) bond motifs is 1. The molecular weight excluding hydrogens is 326 g/mol. The average Bonchev–Trinajstić information content (AvgIpc) is 2.62. The molecule has 0 bridgehead atoms. The molecule has 3 aromatic rings. The van der Waals surface area contributed by atoms with E-state index in [1.807, 2.05) is 0 Å². The van der Waals surface area contributed by atoms with Gasteiger partial charge in [-0.05, 0) is 25.1 Å². The number of pyridine rings is 2. The van der Waals surface area contributed by atoms with E-state index in [-0.39, 0.29) is 23.2 Å². The van der Waals surface area contributed by atoms with Crippen molar-refractivity contribution in [1.29, 1.82) is 0 Å². The molecule has 0 N–H and O–H groups in total. The first-order valence-corrected chi connectivity index (χ1v) is 7.45. The molecule has 0 aliphatic carbocycles. The van der Waals surface area contributed by atoms with Crippen molar-refractivity contribution in [3.8, 4) is 5.69 Å². The predicted molar refractivity (Wildman–Crippen MR) is 90.0 cm³/mol. The number of carbonyl (C=O) groups is 1. The summed E-state index contributed by atoms with van der Waals surface area (Å²) in [4.78, 5) is 39.3. The number of esters is 1. The summed E-state index contributed by atoms with van der Waals surface area (Å²) in [6.07, 6.45) is 2.80. The van der Waals surface area contributed by atoms with Crippen LogP contribution < -0.4 is 5.43 Å². The molecule has 8 nitrogen and oxygen atoms in total. The highest BCUT2D eigenvalue weighted by molar-refractivity contribution is 5.93. The number of non-ortho nitro benzene ring substituents is 1. The van der Waals surface area contributed by atoms with Crippen LogP contribution in [0, 0.1) is 10.1 Å². The lowest BCUT2D eigenvalue weighted by atomic mass is 10.1. The van der Waals surface area contributed by atoms with Gasteiger partial charge in [-0.25, -0.2) is 9.78 Å². The van der Waals surface area contributed by atoms with Crippen LogP contribution in [0.3, 0.4) is 0 Å². The number of hydrogen-bond acceptors (Lipinski definition) is 6. The van der Waals surface area contributed by atoms with Crippen molar-refractivity contribution in [2.45, 2.75) is 6.92 Å². The van der Waals surface area contributed by atoms with E-state index >= 15 is 0 Å². The Morgan fingerprint density at radius 3 is 2.84 bits per heavy atom. The third-order valence-corrected chi connectivity index (χ3v) is 3.58. The van der Waals surface area contributed by atoms with Crippen LogP contribution in [0.1, 0.15) is 17.3 Å². The Labute approximate surface area is 141 Å². The van der Waals surface area contributed by atoms with Crippen molar-refractivity contribution in [3.63, 3.8) is 0 Å². The zero-order valence-electron chi connectivity index (χ0n) is 13.2. The number of carbonyl (C=O) groups excluding carboxylic acids is 1. The van der Waals surface area contributed by atoms with Gasteiger partial charge in [0, 0.05) is 24.5 Å². The smallest absolute Gasteiger partial charge is 0.343 e. The molecule has 0 atom stereocenters. The molecule has 0 saturated heterocycles. The summed E-state index contributed by atoms with van der Waals surface area (Å²) in [5.41, 5.74) is -0.0699. The Balaban J connectivity index is 2.32. The number of hydrogen-bond donors (Lipinski definition) is 0. The van der Waals surface area contributed by atoms with E-state index < -0.39 is 16.3 Å². The fourth-order valence-electron chi connectivity index (χ4n) is 2.47. The molecule has 0 saturated carbocycles. The molecule has 0 amide bonds. The lowest BCUT2D eigenvalue weighted by Gasteiger charge is -2.12. The highest BCUT2D eigenvalue weighted by atomic mass is 16.6. The van der Waals surface area contributed by atoms with E-state index in [0.29, 0.717) is 11.3 Å². The number of nitro groups is 1. The van der Waals surface area contributed by atoms with Crippen LogP contribution in [0.25, 0.3) is 16.7 Å². The summed E-state index contributed by atoms with van der Waals surface area (Å²) < 4.78 is 6.40. The Morgan fingerprint density at radius 2 is 2.12 bits per heavy atom. The molecule has 2 aromatic heterocycles. The zero-order valence-corrected chi connectivity index (χ0v) is 13.2. The molecular formula is C17H13N3O5. The van der Waals surface area contributed by atoms with Gasteiger partial charge in [0.1, 0.15) is 11.2 Å². The lowest BCUT2D eigenvalue weighted by Crippen LogP contribution is -2.21. The highest BCUT2D eigenvalue weighted by Gasteiger charge is 2.18. The predicted octanol–water partition coefficient (Wildman–Crippen LogP) is 2.47. The number of ether oxygens (including phenoxy) is 1. The molecule has 1 aromatic carbocycles. The fourth-order valence-corrected chi connectivity index (χ4v) is 2.47. The van der Waals surface area contributed by atoms with Crippen LogP contribution in [0.4, 0.5) is 5.69 Å². The van der Waals surface area contributed by atoms with Gasteiger partial charge < -0.3 is 4.74 Å². The van der Waals surface area contributed by atoms with Crippen molar-refractivity contribution >= 4 is 22.7 Å². The van der Waals surface area contributed by atoms with Crippen molar-refractivity contribution < 1.29 is 14.5 Å². The topological polar surface area (TPSA) is 104 Å². The third kappa shape index (κ3) is 2.97. The second-order valence-corrected chi connectivity index (χ2v) is 5.11. The Bertz CT molecular complexity index is 1040. The molecule has 126 valence electrons. The first kappa shape index (κ1) is 16.3. The number of nitro benzene ring substituents is 1. The molecule has 0 unspecified atom stereocenters. The van der Waals surface area contributed by atoms with Crippen LogP contribution in [0.2, 0.25) is 0 Å². The number of rotatable bonds is 4. The summed E-state index contributed by atoms with van der Waals surface area (Å²) in [6.45, 7) is 1.76. The van der Waals surface area contributed by atoms with E-state index in [1.165, 1.54) is 35.2 Å². The molecule has 0 aliphatic rings. The van der Waals surface area contributed by atoms with Crippen LogP contribution in [0.15, 0.2) is 53.6 Å². The molecule has 2 heterocycles. The van der Waals surface area contributed by atoms with Gasteiger partial charge in [-0.3, -0.25) is 19.5 Å². The standard InChI is InChI=1S/C17H13N3O5/c1-2-25-17(22)14-10-19(11-5-3-6-12(9-11)20(23)24)16-13(15(14)21)7-4-8-18-16/h3-10H,2H2,1H3. The normalized spacial score (nSPS) is 10.6. The van der Waals surface area contributed by atoms with Gasteiger partial charge in [0.15, 0.2) is 0 Å². The summed E-state index contributed by atoms with van der Waals surface area (Å²) in [5, 5.41) is 11.2. The second kappa shape index (κ2) is 6.52. The van der Waals surface area contributed by atoms with Gasteiger partial charge in [0.2, 0.25) is 5.43 Å². The fraction of sp³-hybridized carbons (Fsp3) is 0.118. The second-order valence-electron chi connectivity index (χ2n) is 5.11. The van der Waals surface area contributed by atoms with Crippen LogP contribution in [-0.4, -0.2) is 27.1 Å². The van der Waals surface area contributed by atoms with Crippen molar-refractivity contribution in [3.05, 3.63) is 74.7 Å². The van der Waals surface area contributed by atoms with Crippen molar-refractivity contribution in [2.75, 3.05) is 6.61 Å². The highest BCUT2D eigenvalue weighted by Crippen LogP contribution is 2.20. The summed E-state index contributed by atoms with van der Waals surface area (Å²) in [5.74, 6) is -0.752. The number of nitrogens with zero attached hydrogens (tertiary/aromatic N) is 3. The zero-order chi connectivity index (χ0) is 18.0. The first-order chi connectivity index (χ1) is 12.0. The molecule has 0 fully saturated rings. The maximum atomic E-state index is 12.5. The van der Waals surface area contributed by atoms with Gasteiger partial charge in [-0.15, -0.1) is 0 Å². The van der Waals surface area contributed by atoms with E-state index in [4.69, 9.17) is 4.74 Å². The maximum absolute atomic E-state index is 12.5. The van der Waals surface area contributed by atoms with Crippen molar-refractivity contribution in [2.24, 2.45) is 0 Å². The molecule has 8 heteroatoms.